The van der Waals surface area contributed by atoms with Gasteiger partial charge in [-0.3, -0.25) is 9.59 Å². The van der Waals surface area contributed by atoms with Crippen LogP contribution in [0.25, 0.3) is 0 Å². The predicted molar refractivity (Wildman–Crippen MR) is 84.2 cm³/mol. The van der Waals surface area contributed by atoms with Gasteiger partial charge in [0.25, 0.3) is 0 Å². The summed E-state index contributed by atoms with van der Waals surface area (Å²) in [5.41, 5.74) is -0.838. The Morgan fingerprint density at radius 3 is 1.95 bits per heavy atom. The van der Waals surface area contributed by atoms with Crippen LogP contribution in [0.5, 0.6) is 0 Å². The van der Waals surface area contributed by atoms with E-state index in [1.807, 2.05) is 27.7 Å². The highest BCUT2D eigenvalue weighted by Gasteiger charge is 2.40. The van der Waals surface area contributed by atoms with E-state index in [0.717, 1.165) is 19.3 Å². The standard InChI is InChI=1S/C17H32O4/c1-6-7-8-9-10-11-12-17(5,16(2,3)4)21-15(20)13-14(18)19/h6-13H2,1-5H3,(H,18,19). The van der Waals surface area contributed by atoms with Crippen LogP contribution in [-0.4, -0.2) is 22.6 Å². The molecule has 4 nitrogen and oxygen atoms in total. The van der Waals surface area contributed by atoms with E-state index < -0.39 is 24.0 Å². The zero-order valence-corrected chi connectivity index (χ0v) is 14.3. The Kier molecular flexibility index (Phi) is 8.60. The smallest absolute Gasteiger partial charge is 0.317 e. The molecule has 0 amide bonds. The molecule has 1 N–H and O–H groups in total. The number of unbranched alkanes of at least 4 members (excludes halogenated alkanes) is 5. The maximum atomic E-state index is 11.7. The summed E-state index contributed by atoms with van der Waals surface area (Å²) in [6, 6.07) is 0. The van der Waals surface area contributed by atoms with Crippen molar-refractivity contribution in [2.75, 3.05) is 0 Å². The molecule has 0 aliphatic carbocycles. The molecule has 1 atom stereocenters. The Hall–Kier alpha value is -1.06. The number of aliphatic carboxylic acids is 1. The third-order valence-corrected chi connectivity index (χ3v) is 4.23. The molecule has 0 bridgehead atoms. The first-order valence-corrected chi connectivity index (χ1v) is 8.06. The molecule has 0 rings (SSSR count). The summed E-state index contributed by atoms with van der Waals surface area (Å²) in [5.74, 6) is -1.79. The summed E-state index contributed by atoms with van der Waals surface area (Å²) in [5, 5.41) is 8.68. The van der Waals surface area contributed by atoms with Gasteiger partial charge >= 0.3 is 11.9 Å². The lowest BCUT2D eigenvalue weighted by molar-refractivity contribution is -0.174. The molecule has 0 saturated carbocycles. The Morgan fingerprint density at radius 2 is 1.48 bits per heavy atom. The van der Waals surface area contributed by atoms with Gasteiger partial charge in [0.1, 0.15) is 12.0 Å². The van der Waals surface area contributed by atoms with Gasteiger partial charge in [0.2, 0.25) is 0 Å². The third-order valence-electron chi connectivity index (χ3n) is 4.23. The molecule has 124 valence electrons. The van der Waals surface area contributed by atoms with Gasteiger partial charge in [-0.2, -0.15) is 0 Å². The van der Waals surface area contributed by atoms with E-state index in [0.29, 0.717) is 0 Å². The van der Waals surface area contributed by atoms with Crippen LogP contribution in [0.2, 0.25) is 0 Å². The van der Waals surface area contributed by atoms with Crippen LogP contribution < -0.4 is 0 Å². The van der Waals surface area contributed by atoms with Crippen molar-refractivity contribution in [3.05, 3.63) is 0 Å². The lowest BCUT2D eigenvalue weighted by Gasteiger charge is -2.41. The van der Waals surface area contributed by atoms with Crippen LogP contribution in [0.3, 0.4) is 0 Å². The largest absolute Gasteiger partial charge is 0.481 e. The summed E-state index contributed by atoms with van der Waals surface area (Å²) >= 11 is 0. The van der Waals surface area contributed by atoms with Crippen LogP contribution in [0.4, 0.5) is 0 Å². The Morgan fingerprint density at radius 1 is 0.952 bits per heavy atom. The molecule has 21 heavy (non-hydrogen) atoms. The van der Waals surface area contributed by atoms with E-state index in [1.54, 1.807) is 0 Å². The lowest BCUT2D eigenvalue weighted by Crippen LogP contribution is -2.44. The van der Waals surface area contributed by atoms with Gasteiger partial charge in [0.05, 0.1) is 0 Å². The Labute approximate surface area is 129 Å². The molecule has 0 fully saturated rings. The molecule has 0 heterocycles. The Bertz CT molecular complexity index is 330. The summed E-state index contributed by atoms with van der Waals surface area (Å²) < 4.78 is 5.52. The third kappa shape index (κ3) is 8.08. The van der Waals surface area contributed by atoms with Gasteiger partial charge in [-0.15, -0.1) is 0 Å². The van der Waals surface area contributed by atoms with E-state index in [-0.39, 0.29) is 5.41 Å². The quantitative estimate of drug-likeness (QED) is 0.365. The van der Waals surface area contributed by atoms with Crippen LogP contribution >= 0.6 is 0 Å². The summed E-state index contributed by atoms with van der Waals surface area (Å²) in [6.07, 6.45) is 7.28. The number of carboxylic acids is 1. The topological polar surface area (TPSA) is 63.6 Å². The number of esters is 1. The number of carboxylic acid groups (broad SMARTS) is 1. The zero-order valence-electron chi connectivity index (χ0n) is 14.3. The molecule has 0 radical (unpaired) electrons. The van der Waals surface area contributed by atoms with Crippen LogP contribution in [-0.2, 0) is 14.3 Å². The van der Waals surface area contributed by atoms with E-state index in [9.17, 15) is 9.59 Å². The molecule has 0 aromatic rings. The van der Waals surface area contributed by atoms with E-state index in [2.05, 4.69) is 6.92 Å². The van der Waals surface area contributed by atoms with Crippen molar-refractivity contribution in [2.24, 2.45) is 5.41 Å². The monoisotopic (exact) mass is 300 g/mol. The molecular formula is C17H32O4. The average Bonchev–Trinajstić information content (AvgIpc) is 2.31. The maximum absolute atomic E-state index is 11.7. The van der Waals surface area contributed by atoms with Crippen molar-refractivity contribution in [3.63, 3.8) is 0 Å². The highest BCUT2D eigenvalue weighted by molar-refractivity contribution is 5.90. The van der Waals surface area contributed by atoms with Gasteiger partial charge in [-0.25, -0.2) is 0 Å². The fourth-order valence-electron chi connectivity index (χ4n) is 2.23. The normalized spacial score (nSPS) is 14.5. The SMILES string of the molecule is CCCCCCCCC(C)(OC(=O)CC(=O)O)C(C)(C)C. The number of carbonyl (C=O) groups excluding carboxylic acids is 1. The molecule has 0 aliphatic heterocycles. The average molecular weight is 300 g/mol. The molecule has 0 aliphatic rings. The van der Waals surface area contributed by atoms with E-state index >= 15 is 0 Å². The summed E-state index contributed by atoms with van der Waals surface area (Å²) in [7, 11) is 0. The summed E-state index contributed by atoms with van der Waals surface area (Å²) in [6.45, 7) is 10.2. The van der Waals surface area contributed by atoms with Crippen LogP contribution in [0, 0.1) is 5.41 Å². The van der Waals surface area contributed by atoms with Crippen molar-refractivity contribution in [1.29, 1.82) is 0 Å². The second-order valence-corrected chi connectivity index (χ2v) is 7.04. The van der Waals surface area contributed by atoms with Gasteiger partial charge < -0.3 is 9.84 Å². The minimum atomic E-state index is -1.14. The second-order valence-electron chi connectivity index (χ2n) is 7.04. The minimum absolute atomic E-state index is 0.218. The number of hydrogen-bond acceptors (Lipinski definition) is 3. The van der Waals surface area contributed by atoms with Crippen molar-refractivity contribution in [2.45, 2.75) is 91.6 Å². The maximum Gasteiger partial charge on any atom is 0.317 e. The molecule has 0 aromatic carbocycles. The molecule has 0 spiro atoms. The second kappa shape index (κ2) is 9.06. The highest BCUT2D eigenvalue weighted by atomic mass is 16.6. The first-order chi connectivity index (χ1) is 9.62. The Balaban J connectivity index is 4.43. The molecular weight excluding hydrogens is 268 g/mol. The van der Waals surface area contributed by atoms with Crippen molar-refractivity contribution in [3.8, 4) is 0 Å². The fourth-order valence-corrected chi connectivity index (χ4v) is 2.23. The van der Waals surface area contributed by atoms with Crippen LogP contribution in [0.1, 0.15) is 86.0 Å². The molecule has 0 saturated heterocycles. The fraction of sp³-hybridized carbons (Fsp3) is 0.882. The highest BCUT2D eigenvalue weighted by Crippen LogP contribution is 2.38. The first-order valence-electron chi connectivity index (χ1n) is 8.06. The number of carbonyl (C=O) groups is 2. The first kappa shape index (κ1) is 19.9. The lowest BCUT2D eigenvalue weighted by atomic mass is 9.74. The van der Waals surface area contributed by atoms with Gasteiger partial charge in [-0.05, 0) is 19.8 Å². The molecule has 1 unspecified atom stereocenters. The van der Waals surface area contributed by atoms with E-state index in [1.165, 1.54) is 25.7 Å². The summed E-state index contributed by atoms with van der Waals surface area (Å²) in [4.78, 5) is 22.3. The minimum Gasteiger partial charge on any atom is -0.481 e. The van der Waals surface area contributed by atoms with E-state index in [4.69, 9.17) is 9.84 Å². The van der Waals surface area contributed by atoms with Gasteiger partial charge in [0, 0.05) is 5.41 Å². The van der Waals surface area contributed by atoms with Gasteiger partial charge in [-0.1, -0.05) is 59.8 Å². The molecule has 4 heteroatoms. The molecule has 0 aromatic heterocycles. The predicted octanol–water partition coefficient (Wildman–Crippen LogP) is 4.56. The van der Waals surface area contributed by atoms with Crippen molar-refractivity contribution >= 4 is 11.9 Å². The number of rotatable bonds is 10. The number of hydrogen-bond donors (Lipinski definition) is 1. The van der Waals surface area contributed by atoms with Crippen molar-refractivity contribution in [1.82, 2.24) is 0 Å². The zero-order chi connectivity index (χ0) is 16.5. The van der Waals surface area contributed by atoms with Gasteiger partial charge in [0.15, 0.2) is 0 Å². The number of ether oxygens (including phenoxy) is 1. The van der Waals surface area contributed by atoms with Crippen LogP contribution in [0.15, 0.2) is 0 Å². The van der Waals surface area contributed by atoms with Crippen molar-refractivity contribution < 1.29 is 19.4 Å².